The fourth-order valence-corrected chi connectivity index (χ4v) is 2.58. The van der Waals surface area contributed by atoms with E-state index in [4.69, 9.17) is 11.6 Å². The van der Waals surface area contributed by atoms with E-state index in [1.807, 2.05) is 48.6 Å². The predicted octanol–water partition coefficient (Wildman–Crippen LogP) is 3.97. The number of pyridine rings is 1. The minimum Gasteiger partial charge on any atom is -0.294 e. The number of imidazole rings is 1. The van der Waals surface area contributed by atoms with Crippen LogP contribution in [0.15, 0.2) is 30.3 Å². The number of halogens is 1. The molecule has 0 saturated heterocycles. The largest absolute Gasteiger partial charge is 0.294 e. The van der Waals surface area contributed by atoms with Crippen molar-refractivity contribution in [3.8, 4) is 6.07 Å². The number of rotatable bonds is 1. The van der Waals surface area contributed by atoms with Crippen LogP contribution in [-0.2, 0) is 0 Å². The van der Waals surface area contributed by atoms with Gasteiger partial charge in [-0.1, -0.05) is 12.1 Å². The maximum atomic E-state index is 9.33. The Labute approximate surface area is 116 Å². The molecule has 0 spiro atoms. The fraction of sp³-hybridized carbons (Fsp3) is 0.200. The third-order valence-corrected chi connectivity index (χ3v) is 3.54. The summed E-state index contributed by atoms with van der Waals surface area (Å²) in [6.45, 7) is 3.84. The maximum Gasteiger partial charge on any atom is 0.156 e. The van der Waals surface area contributed by atoms with Gasteiger partial charge in [0.2, 0.25) is 0 Å². The van der Waals surface area contributed by atoms with E-state index in [2.05, 4.69) is 11.1 Å². The molecule has 1 aromatic carbocycles. The summed E-state index contributed by atoms with van der Waals surface area (Å²) in [6.07, 6.45) is 0. The number of para-hydroxylation sites is 2. The summed E-state index contributed by atoms with van der Waals surface area (Å²) in [5.74, 6) is 0. The van der Waals surface area contributed by atoms with Gasteiger partial charge in [-0.05, 0) is 37.6 Å². The molecule has 0 aliphatic heterocycles. The van der Waals surface area contributed by atoms with E-state index in [0.29, 0.717) is 11.2 Å². The quantitative estimate of drug-likeness (QED) is 0.627. The van der Waals surface area contributed by atoms with E-state index < -0.39 is 0 Å². The maximum absolute atomic E-state index is 9.33. The van der Waals surface area contributed by atoms with Gasteiger partial charge in [0.25, 0.3) is 0 Å². The third kappa shape index (κ3) is 1.68. The second-order valence-corrected chi connectivity index (χ2v) is 5.27. The standard InChI is InChI=1S/C15H12ClN3/c1-9-7-14(10(2)16)19-13-6-4-3-5-12(13)18-15(19)11(9)8-17/h3-7,10H,1-2H3. The molecule has 0 N–H and O–H groups in total. The minimum atomic E-state index is -0.147. The van der Waals surface area contributed by atoms with Crippen molar-refractivity contribution >= 4 is 28.3 Å². The van der Waals surface area contributed by atoms with E-state index in [-0.39, 0.29) is 5.38 Å². The summed E-state index contributed by atoms with van der Waals surface area (Å²) in [5, 5.41) is 9.19. The number of aryl methyl sites for hydroxylation is 1. The molecule has 3 aromatic rings. The van der Waals surface area contributed by atoms with Gasteiger partial charge in [0.05, 0.1) is 22.0 Å². The van der Waals surface area contributed by atoms with E-state index in [0.717, 1.165) is 22.3 Å². The summed E-state index contributed by atoms with van der Waals surface area (Å²) in [7, 11) is 0. The molecule has 1 atom stereocenters. The zero-order chi connectivity index (χ0) is 13.6. The molecule has 2 heterocycles. The first-order valence-electron chi connectivity index (χ1n) is 6.08. The van der Waals surface area contributed by atoms with Crippen molar-refractivity contribution in [2.45, 2.75) is 19.2 Å². The lowest BCUT2D eigenvalue weighted by Crippen LogP contribution is -2.01. The number of alkyl halides is 1. The van der Waals surface area contributed by atoms with Crippen LogP contribution in [0.5, 0.6) is 0 Å². The van der Waals surface area contributed by atoms with Crippen molar-refractivity contribution in [2.24, 2.45) is 0 Å². The van der Waals surface area contributed by atoms with Gasteiger partial charge in [-0.15, -0.1) is 11.6 Å². The lowest BCUT2D eigenvalue weighted by atomic mass is 10.1. The highest BCUT2D eigenvalue weighted by Crippen LogP contribution is 2.29. The Kier molecular flexibility index (Phi) is 2.69. The lowest BCUT2D eigenvalue weighted by Gasteiger charge is -2.11. The van der Waals surface area contributed by atoms with Crippen LogP contribution < -0.4 is 0 Å². The number of nitrogens with zero attached hydrogens (tertiary/aromatic N) is 3. The summed E-state index contributed by atoms with van der Waals surface area (Å²) in [5.41, 5.74) is 5.03. The Morgan fingerprint density at radius 2 is 2.11 bits per heavy atom. The predicted molar refractivity (Wildman–Crippen MR) is 76.4 cm³/mol. The minimum absolute atomic E-state index is 0.147. The molecule has 0 aliphatic carbocycles. The average Bonchev–Trinajstić information content (AvgIpc) is 2.76. The third-order valence-electron chi connectivity index (χ3n) is 3.32. The number of hydrogen-bond acceptors (Lipinski definition) is 2. The molecule has 0 fully saturated rings. The van der Waals surface area contributed by atoms with Crippen molar-refractivity contribution < 1.29 is 0 Å². The summed E-state index contributed by atoms with van der Waals surface area (Å²) >= 11 is 6.28. The lowest BCUT2D eigenvalue weighted by molar-refractivity contribution is 0.957. The molecular weight excluding hydrogens is 258 g/mol. The van der Waals surface area contributed by atoms with Crippen LogP contribution in [0.3, 0.4) is 0 Å². The number of fused-ring (bicyclic) bond motifs is 3. The Hall–Kier alpha value is -2.05. The van der Waals surface area contributed by atoms with Gasteiger partial charge < -0.3 is 0 Å². The molecule has 0 amide bonds. The Bertz CT molecular complexity index is 825. The molecule has 0 aliphatic rings. The number of aromatic nitrogens is 2. The first-order chi connectivity index (χ1) is 9.13. The van der Waals surface area contributed by atoms with Crippen LogP contribution >= 0.6 is 11.6 Å². The van der Waals surface area contributed by atoms with Gasteiger partial charge in [-0.3, -0.25) is 4.40 Å². The van der Waals surface area contributed by atoms with Crippen molar-refractivity contribution in [1.29, 1.82) is 5.26 Å². The van der Waals surface area contributed by atoms with Crippen molar-refractivity contribution in [1.82, 2.24) is 9.38 Å². The second kappa shape index (κ2) is 4.25. The molecule has 3 rings (SSSR count). The van der Waals surface area contributed by atoms with Crippen LogP contribution in [0.25, 0.3) is 16.7 Å². The first kappa shape index (κ1) is 12.0. The van der Waals surface area contributed by atoms with Crippen molar-refractivity contribution in [2.75, 3.05) is 0 Å². The van der Waals surface area contributed by atoms with Crippen LogP contribution in [0, 0.1) is 18.3 Å². The molecule has 3 nitrogen and oxygen atoms in total. The summed E-state index contributed by atoms with van der Waals surface area (Å²) < 4.78 is 1.98. The van der Waals surface area contributed by atoms with Crippen LogP contribution in [-0.4, -0.2) is 9.38 Å². The molecule has 94 valence electrons. The average molecular weight is 270 g/mol. The molecule has 4 heteroatoms. The Morgan fingerprint density at radius 3 is 2.79 bits per heavy atom. The molecule has 0 bridgehead atoms. The summed E-state index contributed by atoms with van der Waals surface area (Å²) in [6, 6.07) is 12.1. The van der Waals surface area contributed by atoms with Gasteiger partial charge in [0.1, 0.15) is 6.07 Å². The van der Waals surface area contributed by atoms with Gasteiger partial charge >= 0.3 is 0 Å². The van der Waals surface area contributed by atoms with Gasteiger partial charge in [-0.25, -0.2) is 4.98 Å². The van der Waals surface area contributed by atoms with Crippen molar-refractivity contribution in [3.63, 3.8) is 0 Å². The van der Waals surface area contributed by atoms with Crippen LogP contribution in [0.2, 0.25) is 0 Å². The molecule has 2 aromatic heterocycles. The number of nitriles is 1. The monoisotopic (exact) mass is 269 g/mol. The number of hydrogen-bond donors (Lipinski definition) is 0. The highest BCUT2D eigenvalue weighted by molar-refractivity contribution is 6.20. The molecule has 0 saturated carbocycles. The van der Waals surface area contributed by atoms with Crippen LogP contribution in [0.4, 0.5) is 0 Å². The Balaban J connectivity index is 2.61. The van der Waals surface area contributed by atoms with Gasteiger partial charge in [-0.2, -0.15) is 5.26 Å². The highest BCUT2D eigenvalue weighted by Gasteiger charge is 2.16. The second-order valence-electron chi connectivity index (χ2n) is 4.61. The Morgan fingerprint density at radius 1 is 1.37 bits per heavy atom. The van der Waals surface area contributed by atoms with Crippen LogP contribution in [0.1, 0.15) is 29.1 Å². The molecule has 0 radical (unpaired) electrons. The van der Waals surface area contributed by atoms with Crippen molar-refractivity contribution in [3.05, 3.63) is 47.2 Å². The highest BCUT2D eigenvalue weighted by atomic mass is 35.5. The smallest absolute Gasteiger partial charge is 0.156 e. The first-order valence-corrected chi connectivity index (χ1v) is 6.52. The molecule has 19 heavy (non-hydrogen) atoms. The van der Waals surface area contributed by atoms with E-state index in [9.17, 15) is 5.26 Å². The van der Waals surface area contributed by atoms with E-state index in [1.165, 1.54) is 0 Å². The molecular formula is C15H12ClN3. The summed E-state index contributed by atoms with van der Waals surface area (Å²) in [4.78, 5) is 4.57. The topological polar surface area (TPSA) is 41.1 Å². The van der Waals surface area contributed by atoms with E-state index in [1.54, 1.807) is 0 Å². The zero-order valence-electron chi connectivity index (χ0n) is 10.7. The van der Waals surface area contributed by atoms with Gasteiger partial charge in [0, 0.05) is 5.69 Å². The van der Waals surface area contributed by atoms with E-state index >= 15 is 0 Å². The SMILES string of the molecule is Cc1cc(C(C)Cl)n2c(nc3ccccc32)c1C#N. The normalized spacial score (nSPS) is 12.7. The number of benzene rings is 1. The zero-order valence-corrected chi connectivity index (χ0v) is 11.4. The van der Waals surface area contributed by atoms with Gasteiger partial charge in [0.15, 0.2) is 5.65 Å². The molecule has 1 unspecified atom stereocenters. The fourth-order valence-electron chi connectivity index (χ4n) is 2.42.